The number of amides is 2. The number of unbranched alkanes of at least 4 members (excludes halogenated alkanes) is 1. The molecule has 0 saturated heterocycles. The highest BCUT2D eigenvalue weighted by molar-refractivity contribution is 7.85. The maximum absolute atomic E-state index is 13.3. The van der Waals surface area contributed by atoms with E-state index in [4.69, 9.17) is 9.47 Å². The zero-order valence-electron chi connectivity index (χ0n) is 31.0. The molecular formula is C42H39N4O9S-. The summed E-state index contributed by atoms with van der Waals surface area (Å²) in [6.07, 6.45) is 1.40. The summed E-state index contributed by atoms with van der Waals surface area (Å²) in [6, 6.07) is 24.7. The number of rotatable bonds is 13. The first-order chi connectivity index (χ1) is 26.7. The number of aromatic hydroxyl groups is 2. The van der Waals surface area contributed by atoms with Crippen molar-refractivity contribution in [3.8, 4) is 28.7 Å². The number of phenols is 2. The number of carbonyl (C=O) groups is 2. The smallest absolute Gasteiger partial charge is 0.255 e. The quantitative estimate of drug-likeness (QED) is 0.0502. The zero-order valence-corrected chi connectivity index (χ0v) is 31.9. The molecule has 4 N–H and O–H groups in total. The molecule has 0 unspecified atom stereocenters. The van der Waals surface area contributed by atoms with E-state index in [2.05, 4.69) is 26.9 Å². The van der Waals surface area contributed by atoms with Gasteiger partial charge in [-0.2, -0.15) is 5.11 Å². The lowest BCUT2D eigenvalue weighted by atomic mass is 10.0. The first kappa shape index (κ1) is 39.2. The summed E-state index contributed by atoms with van der Waals surface area (Å²) >= 11 is 0. The number of carbonyl (C=O) groups excluding carboxylic acids is 2. The standard InChI is InChI=1S/C42H40N4O9S/c1-24-11-16-36(25(2)19-24)54-18-8-7-17-43-42(50)34-23-37(32-9-5-6-10-33(32)40(34)48)55-30-14-12-29(13-15-30)45-46-39-26(3)20-28-21-31(56(51,52)53)22-35(44-27(4)47)38(28)41(39)49/h5-6,9-16,19-23,48-49H,7-8,17-18H2,1-4H3,(H,43,50)(H,44,47)(H,51,52,53)/p-1. The van der Waals surface area contributed by atoms with Crippen LogP contribution >= 0.6 is 0 Å². The van der Waals surface area contributed by atoms with Crippen molar-refractivity contribution in [3.63, 3.8) is 0 Å². The number of fused-ring (bicyclic) bond motifs is 2. The van der Waals surface area contributed by atoms with E-state index in [1.54, 1.807) is 55.5 Å². The van der Waals surface area contributed by atoms with Crippen molar-refractivity contribution in [2.24, 2.45) is 10.2 Å². The largest absolute Gasteiger partial charge is 0.744 e. The fourth-order valence-corrected chi connectivity index (χ4v) is 6.78. The van der Waals surface area contributed by atoms with Crippen molar-refractivity contribution in [2.75, 3.05) is 18.5 Å². The van der Waals surface area contributed by atoms with Crippen LogP contribution in [-0.4, -0.2) is 48.1 Å². The topological polar surface area (TPSA) is 199 Å². The van der Waals surface area contributed by atoms with Gasteiger partial charge in [-0.15, -0.1) is 5.11 Å². The van der Waals surface area contributed by atoms with E-state index in [0.717, 1.165) is 29.9 Å². The Labute approximate surface area is 323 Å². The first-order valence-corrected chi connectivity index (χ1v) is 19.1. The predicted octanol–water partition coefficient (Wildman–Crippen LogP) is 8.99. The van der Waals surface area contributed by atoms with Gasteiger partial charge in [-0.1, -0.05) is 42.0 Å². The molecule has 0 aliphatic carbocycles. The van der Waals surface area contributed by atoms with Crippen LogP contribution in [0.5, 0.6) is 28.7 Å². The van der Waals surface area contributed by atoms with Gasteiger partial charge in [-0.05, 0) is 105 Å². The number of ether oxygens (including phenoxy) is 2. The van der Waals surface area contributed by atoms with E-state index in [1.165, 1.54) is 24.6 Å². The minimum atomic E-state index is -4.86. The van der Waals surface area contributed by atoms with Gasteiger partial charge in [0.15, 0.2) is 5.75 Å². The molecule has 13 nitrogen and oxygen atoms in total. The zero-order chi connectivity index (χ0) is 40.1. The maximum Gasteiger partial charge on any atom is 0.255 e. The highest BCUT2D eigenvalue weighted by Crippen LogP contribution is 2.44. The summed E-state index contributed by atoms with van der Waals surface area (Å²) in [5.41, 5.74) is 3.11. The summed E-state index contributed by atoms with van der Waals surface area (Å²) in [4.78, 5) is 24.6. The molecule has 0 bridgehead atoms. The van der Waals surface area contributed by atoms with Gasteiger partial charge in [0.2, 0.25) is 5.91 Å². The van der Waals surface area contributed by atoms with E-state index in [-0.39, 0.29) is 39.2 Å². The Morgan fingerprint density at radius 2 is 1.54 bits per heavy atom. The molecule has 0 aliphatic rings. The number of benzene rings is 6. The van der Waals surface area contributed by atoms with Gasteiger partial charge in [0.05, 0.1) is 28.4 Å². The molecule has 6 rings (SSSR count). The molecule has 6 aromatic rings. The number of phenolic OH excluding ortho intramolecular Hbond substituents is 2. The number of hydrogen-bond acceptors (Lipinski definition) is 11. The molecule has 14 heteroatoms. The molecular weight excluding hydrogens is 737 g/mol. The Morgan fingerprint density at radius 1 is 0.804 bits per heavy atom. The fraction of sp³-hybridized carbons (Fsp3) is 0.190. The van der Waals surface area contributed by atoms with Crippen LogP contribution in [0.3, 0.4) is 0 Å². The second-order valence-electron chi connectivity index (χ2n) is 13.3. The Kier molecular flexibility index (Phi) is 11.5. The van der Waals surface area contributed by atoms with Crippen LogP contribution in [0, 0.1) is 20.8 Å². The Hall–Kier alpha value is -6.51. The van der Waals surface area contributed by atoms with E-state index in [1.807, 2.05) is 26.0 Å². The molecule has 0 fully saturated rings. The third-order valence-electron chi connectivity index (χ3n) is 8.95. The SMILES string of the molecule is CC(=O)Nc1cc(S(=O)(=O)[O-])cc2cc(C)c(N=Nc3ccc(Oc4cc(C(=O)NCCCCOc5ccc(C)cc5C)c(O)c5ccccc45)cc3)c(O)c12. The summed E-state index contributed by atoms with van der Waals surface area (Å²) in [5.74, 6) is 0.0675. The molecule has 56 heavy (non-hydrogen) atoms. The van der Waals surface area contributed by atoms with Gasteiger partial charge in [0, 0.05) is 29.6 Å². The highest BCUT2D eigenvalue weighted by Gasteiger charge is 2.20. The van der Waals surface area contributed by atoms with Crippen LogP contribution in [0.2, 0.25) is 0 Å². The predicted molar refractivity (Wildman–Crippen MR) is 212 cm³/mol. The fourth-order valence-electron chi connectivity index (χ4n) is 6.25. The number of anilines is 1. The normalized spacial score (nSPS) is 11.6. The maximum atomic E-state index is 13.3. The van der Waals surface area contributed by atoms with Crippen molar-refractivity contribution < 1.29 is 42.2 Å². The average molecular weight is 776 g/mol. The Morgan fingerprint density at radius 3 is 2.23 bits per heavy atom. The summed E-state index contributed by atoms with van der Waals surface area (Å²) < 4.78 is 47.4. The molecule has 6 aromatic carbocycles. The van der Waals surface area contributed by atoms with Crippen LogP contribution in [0.25, 0.3) is 21.5 Å². The van der Waals surface area contributed by atoms with Crippen molar-refractivity contribution in [1.29, 1.82) is 0 Å². The average Bonchev–Trinajstić information content (AvgIpc) is 3.14. The second-order valence-corrected chi connectivity index (χ2v) is 14.7. The number of nitrogens with zero attached hydrogens (tertiary/aromatic N) is 2. The van der Waals surface area contributed by atoms with Crippen LogP contribution in [0.15, 0.2) is 106 Å². The third kappa shape index (κ3) is 8.88. The van der Waals surface area contributed by atoms with Gasteiger partial charge < -0.3 is 34.9 Å². The van der Waals surface area contributed by atoms with Crippen molar-refractivity contribution in [1.82, 2.24) is 5.32 Å². The first-order valence-electron chi connectivity index (χ1n) is 17.7. The number of nitrogens with one attached hydrogen (secondary N) is 2. The lowest BCUT2D eigenvalue weighted by molar-refractivity contribution is -0.114. The van der Waals surface area contributed by atoms with Gasteiger partial charge in [-0.3, -0.25) is 9.59 Å². The minimum Gasteiger partial charge on any atom is -0.744 e. The highest BCUT2D eigenvalue weighted by atomic mass is 32.2. The second kappa shape index (κ2) is 16.5. The summed E-state index contributed by atoms with van der Waals surface area (Å²) in [7, 11) is -4.86. The lowest BCUT2D eigenvalue weighted by Crippen LogP contribution is -2.25. The van der Waals surface area contributed by atoms with Gasteiger partial charge >= 0.3 is 0 Å². The lowest BCUT2D eigenvalue weighted by Gasteiger charge is -2.16. The van der Waals surface area contributed by atoms with Crippen LogP contribution in [-0.2, 0) is 14.9 Å². The molecule has 0 atom stereocenters. The number of aryl methyl sites for hydroxylation is 3. The monoisotopic (exact) mass is 775 g/mol. The van der Waals surface area contributed by atoms with Crippen LogP contribution < -0.4 is 20.1 Å². The molecule has 0 aliphatic heterocycles. The van der Waals surface area contributed by atoms with Crippen LogP contribution in [0.1, 0.15) is 46.8 Å². The molecule has 0 radical (unpaired) electrons. The Bertz CT molecular complexity index is 2630. The molecule has 0 aromatic heterocycles. The molecule has 0 saturated carbocycles. The minimum absolute atomic E-state index is 0.0637. The number of azo groups is 1. The van der Waals surface area contributed by atoms with E-state index < -0.39 is 26.8 Å². The van der Waals surface area contributed by atoms with E-state index >= 15 is 0 Å². The van der Waals surface area contributed by atoms with Crippen molar-refractivity contribution in [2.45, 2.75) is 45.4 Å². The van der Waals surface area contributed by atoms with Gasteiger partial charge in [0.1, 0.15) is 38.8 Å². The van der Waals surface area contributed by atoms with Crippen molar-refractivity contribution >= 4 is 60.5 Å². The Balaban J connectivity index is 1.16. The van der Waals surface area contributed by atoms with E-state index in [0.29, 0.717) is 53.1 Å². The van der Waals surface area contributed by atoms with Gasteiger partial charge in [0.25, 0.3) is 5.91 Å². The molecule has 2 amide bonds. The number of hydrogen-bond donors (Lipinski definition) is 4. The summed E-state index contributed by atoms with van der Waals surface area (Å²) in [6.45, 7) is 7.76. The summed E-state index contributed by atoms with van der Waals surface area (Å²) in [5, 5.41) is 37.4. The molecule has 288 valence electrons. The van der Waals surface area contributed by atoms with Gasteiger partial charge in [-0.25, -0.2) is 8.42 Å². The van der Waals surface area contributed by atoms with E-state index in [9.17, 15) is 32.8 Å². The van der Waals surface area contributed by atoms with Crippen LogP contribution in [0.4, 0.5) is 17.1 Å². The van der Waals surface area contributed by atoms with Crippen molar-refractivity contribution in [3.05, 3.63) is 113 Å². The molecule has 0 heterocycles. The third-order valence-corrected chi connectivity index (χ3v) is 9.76. The molecule has 0 spiro atoms.